The molecule has 1 aromatic heterocycles. The predicted molar refractivity (Wildman–Crippen MR) is 60.0 cm³/mol. The number of imidazole rings is 1. The topological polar surface area (TPSA) is 84.2 Å². The summed E-state index contributed by atoms with van der Waals surface area (Å²) in [7, 11) is 1.88. The largest absolute Gasteiger partial charge is 0.480 e. The summed E-state index contributed by atoms with van der Waals surface area (Å²) in [5, 5.41) is 11.0. The van der Waals surface area contributed by atoms with E-state index in [1.807, 2.05) is 11.6 Å². The third-order valence-electron chi connectivity index (χ3n) is 2.02. The Balaban J connectivity index is 2.36. The van der Waals surface area contributed by atoms with E-state index >= 15 is 0 Å². The Morgan fingerprint density at radius 3 is 3.06 bits per heavy atom. The molecule has 0 saturated carbocycles. The molecule has 0 spiro atoms. The maximum Gasteiger partial charge on any atom is 0.327 e. The summed E-state index contributed by atoms with van der Waals surface area (Å²) in [5.41, 5.74) is 1.01. The van der Waals surface area contributed by atoms with Gasteiger partial charge in [0.1, 0.15) is 6.04 Å². The van der Waals surface area contributed by atoms with Crippen molar-refractivity contribution in [2.24, 2.45) is 7.05 Å². The predicted octanol–water partition coefficient (Wildman–Crippen LogP) is -0.148. The zero-order valence-electron chi connectivity index (χ0n) is 8.79. The standard InChI is InChI=1S/C9H13N3O3S/c1-12-5-10-2-7(12)3-16-4-8(9(14)15)11-6-13/h2,5-6,8H,3-4H2,1H3,(H,11,13)(H,14,15). The van der Waals surface area contributed by atoms with E-state index in [1.165, 1.54) is 11.8 Å². The van der Waals surface area contributed by atoms with E-state index in [2.05, 4.69) is 10.3 Å². The van der Waals surface area contributed by atoms with E-state index in [4.69, 9.17) is 5.11 Å². The second kappa shape index (κ2) is 6.16. The zero-order valence-corrected chi connectivity index (χ0v) is 9.61. The van der Waals surface area contributed by atoms with Crippen LogP contribution in [0.3, 0.4) is 0 Å². The van der Waals surface area contributed by atoms with Crippen molar-refractivity contribution in [1.29, 1.82) is 0 Å². The smallest absolute Gasteiger partial charge is 0.327 e. The summed E-state index contributed by atoms with van der Waals surface area (Å²) in [5.74, 6) is -0.0234. The Morgan fingerprint density at radius 1 is 1.81 bits per heavy atom. The SMILES string of the molecule is Cn1cncc1CSCC(NC=O)C(=O)O. The van der Waals surface area contributed by atoms with Gasteiger partial charge in [0.2, 0.25) is 6.41 Å². The van der Waals surface area contributed by atoms with Crippen molar-refractivity contribution in [3.63, 3.8) is 0 Å². The molecule has 2 N–H and O–H groups in total. The van der Waals surface area contributed by atoms with Gasteiger partial charge in [0.05, 0.1) is 6.33 Å². The number of hydrogen-bond donors (Lipinski definition) is 2. The molecule has 7 heteroatoms. The molecular formula is C9H13N3O3S. The normalized spacial score (nSPS) is 12.1. The van der Waals surface area contributed by atoms with Crippen LogP contribution in [0.5, 0.6) is 0 Å². The van der Waals surface area contributed by atoms with Crippen LogP contribution in [0, 0.1) is 0 Å². The molecular weight excluding hydrogens is 230 g/mol. The fourth-order valence-corrected chi connectivity index (χ4v) is 2.16. The minimum Gasteiger partial charge on any atom is -0.480 e. The fourth-order valence-electron chi connectivity index (χ4n) is 1.08. The molecule has 0 aliphatic heterocycles. The van der Waals surface area contributed by atoms with Crippen molar-refractivity contribution in [2.75, 3.05) is 5.75 Å². The van der Waals surface area contributed by atoms with Crippen molar-refractivity contribution in [3.8, 4) is 0 Å². The van der Waals surface area contributed by atoms with E-state index in [0.717, 1.165) is 5.69 Å². The lowest BCUT2D eigenvalue weighted by molar-refractivity contribution is -0.139. The van der Waals surface area contributed by atoms with E-state index in [1.54, 1.807) is 12.5 Å². The number of carbonyl (C=O) groups excluding carboxylic acids is 1. The number of amides is 1. The summed E-state index contributed by atoms with van der Waals surface area (Å²) in [6.07, 6.45) is 3.83. The zero-order chi connectivity index (χ0) is 12.0. The molecule has 0 aromatic carbocycles. The third-order valence-corrected chi connectivity index (χ3v) is 3.09. The molecule has 0 saturated heterocycles. The Labute approximate surface area is 97.1 Å². The molecule has 6 nitrogen and oxygen atoms in total. The number of carbonyl (C=O) groups is 2. The van der Waals surface area contributed by atoms with Gasteiger partial charge in [-0.3, -0.25) is 4.79 Å². The van der Waals surface area contributed by atoms with Crippen LogP contribution < -0.4 is 5.32 Å². The minimum atomic E-state index is -1.02. The highest BCUT2D eigenvalue weighted by Gasteiger charge is 2.15. The van der Waals surface area contributed by atoms with Crippen LogP contribution >= 0.6 is 11.8 Å². The average molecular weight is 243 g/mol. The molecule has 1 atom stereocenters. The van der Waals surface area contributed by atoms with Gasteiger partial charge in [-0.2, -0.15) is 11.8 Å². The number of thioether (sulfide) groups is 1. The Bertz CT molecular complexity index is 367. The van der Waals surface area contributed by atoms with Gasteiger partial charge in [0.15, 0.2) is 0 Å². The highest BCUT2D eigenvalue weighted by molar-refractivity contribution is 7.98. The molecule has 1 amide bonds. The minimum absolute atomic E-state index is 0.333. The first-order chi connectivity index (χ1) is 7.65. The molecule has 0 aliphatic carbocycles. The molecule has 1 unspecified atom stereocenters. The van der Waals surface area contributed by atoms with Crippen LogP contribution in [0.25, 0.3) is 0 Å². The maximum atomic E-state index is 10.7. The second-order valence-electron chi connectivity index (χ2n) is 3.19. The van der Waals surface area contributed by atoms with Gasteiger partial charge in [0.25, 0.3) is 0 Å². The van der Waals surface area contributed by atoms with Gasteiger partial charge in [-0.15, -0.1) is 0 Å². The lowest BCUT2D eigenvalue weighted by atomic mass is 10.3. The van der Waals surface area contributed by atoms with Crippen molar-refractivity contribution in [1.82, 2.24) is 14.9 Å². The van der Waals surface area contributed by atoms with Crippen LogP contribution in [-0.2, 0) is 22.4 Å². The first-order valence-corrected chi connectivity index (χ1v) is 5.76. The molecule has 1 heterocycles. The van der Waals surface area contributed by atoms with Crippen LogP contribution in [0.15, 0.2) is 12.5 Å². The van der Waals surface area contributed by atoms with Crippen molar-refractivity contribution in [3.05, 3.63) is 18.2 Å². The van der Waals surface area contributed by atoms with E-state index in [9.17, 15) is 9.59 Å². The van der Waals surface area contributed by atoms with Gasteiger partial charge in [0, 0.05) is 30.4 Å². The molecule has 0 bridgehead atoms. The first-order valence-electron chi connectivity index (χ1n) is 4.60. The van der Waals surface area contributed by atoms with E-state index in [0.29, 0.717) is 17.9 Å². The Hall–Kier alpha value is -1.50. The summed E-state index contributed by atoms with van der Waals surface area (Å²) >= 11 is 1.44. The number of nitrogens with one attached hydrogen (secondary N) is 1. The van der Waals surface area contributed by atoms with Crippen LogP contribution in [0.4, 0.5) is 0 Å². The molecule has 0 radical (unpaired) electrons. The number of aryl methyl sites for hydroxylation is 1. The van der Waals surface area contributed by atoms with Crippen molar-refractivity contribution < 1.29 is 14.7 Å². The molecule has 88 valence electrons. The third kappa shape index (κ3) is 3.58. The first kappa shape index (κ1) is 12.6. The van der Waals surface area contributed by atoms with Crippen molar-refractivity contribution in [2.45, 2.75) is 11.8 Å². The van der Waals surface area contributed by atoms with Crippen LogP contribution in [0.2, 0.25) is 0 Å². The Morgan fingerprint density at radius 2 is 2.56 bits per heavy atom. The molecule has 1 aromatic rings. The maximum absolute atomic E-state index is 10.7. The summed E-state index contributed by atoms with van der Waals surface area (Å²) in [4.78, 5) is 24.8. The van der Waals surface area contributed by atoms with Gasteiger partial charge in [-0.1, -0.05) is 0 Å². The lowest BCUT2D eigenvalue weighted by Gasteiger charge is -2.10. The fraction of sp³-hybridized carbons (Fsp3) is 0.444. The molecule has 16 heavy (non-hydrogen) atoms. The molecule has 1 rings (SSSR count). The highest BCUT2D eigenvalue weighted by atomic mass is 32.2. The average Bonchev–Trinajstić information content (AvgIpc) is 2.63. The highest BCUT2D eigenvalue weighted by Crippen LogP contribution is 2.12. The van der Waals surface area contributed by atoms with Gasteiger partial charge < -0.3 is 15.0 Å². The van der Waals surface area contributed by atoms with E-state index < -0.39 is 12.0 Å². The van der Waals surface area contributed by atoms with Gasteiger partial charge in [-0.05, 0) is 0 Å². The number of aromatic nitrogens is 2. The quantitative estimate of drug-likeness (QED) is 0.651. The van der Waals surface area contributed by atoms with Crippen molar-refractivity contribution >= 4 is 24.1 Å². The number of aliphatic carboxylic acids is 1. The summed E-state index contributed by atoms with van der Waals surface area (Å²) < 4.78 is 1.87. The molecule has 0 fully saturated rings. The van der Waals surface area contributed by atoms with Gasteiger partial charge >= 0.3 is 5.97 Å². The molecule has 0 aliphatic rings. The van der Waals surface area contributed by atoms with Crippen LogP contribution in [-0.4, -0.2) is 38.8 Å². The number of rotatable bonds is 7. The monoisotopic (exact) mass is 243 g/mol. The lowest BCUT2D eigenvalue weighted by Crippen LogP contribution is -2.37. The number of carboxylic acids is 1. The number of carboxylic acid groups (broad SMARTS) is 1. The second-order valence-corrected chi connectivity index (χ2v) is 4.22. The van der Waals surface area contributed by atoms with Crippen LogP contribution in [0.1, 0.15) is 5.69 Å². The summed E-state index contributed by atoms with van der Waals surface area (Å²) in [6.45, 7) is 0. The Kier molecular flexibility index (Phi) is 4.84. The number of hydrogen-bond acceptors (Lipinski definition) is 4. The number of nitrogens with zero attached hydrogens (tertiary/aromatic N) is 2. The summed E-state index contributed by atoms with van der Waals surface area (Å²) in [6, 6.07) is -0.837. The van der Waals surface area contributed by atoms with E-state index in [-0.39, 0.29) is 0 Å². The van der Waals surface area contributed by atoms with Gasteiger partial charge in [-0.25, -0.2) is 9.78 Å².